The summed E-state index contributed by atoms with van der Waals surface area (Å²) < 4.78 is 6.20. The summed E-state index contributed by atoms with van der Waals surface area (Å²) in [5.41, 5.74) is 0.793. The Labute approximate surface area is 99.9 Å². The number of carbonyl (C=O) groups excluding carboxylic acids is 2. The summed E-state index contributed by atoms with van der Waals surface area (Å²) >= 11 is 0. The average molecular weight is 239 g/mol. The fourth-order valence-corrected chi connectivity index (χ4v) is 1.45. The van der Waals surface area contributed by atoms with Gasteiger partial charge in [0.15, 0.2) is 0 Å². The largest absolute Gasteiger partial charge is 0.469 e. The Hall–Kier alpha value is -1.72. The summed E-state index contributed by atoms with van der Waals surface area (Å²) in [7, 11) is 1.31. The first kappa shape index (κ1) is 13.3. The smallest absolute Gasteiger partial charge is 0.305 e. The molecule has 0 saturated carbocycles. The second kappa shape index (κ2) is 6.78. The molecule has 6 nitrogen and oxygen atoms in total. The van der Waals surface area contributed by atoms with E-state index in [2.05, 4.69) is 15.0 Å². The van der Waals surface area contributed by atoms with E-state index in [1.807, 2.05) is 6.92 Å². The van der Waals surface area contributed by atoms with Crippen molar-refractivity contribution in [2.45, 2.75) is 39.2 Å². The number of nitrogens with zero attached hydrogens (tertiary/aromatic N) is 3. The van der Waals surface area contributed by atoms with E-state index in [9.17, 15) is 9.59 Å². The lowest BCUT2D eigenvalue weighted by Gasteiger charge is -2.03. The Balaban J connectivity index is 2.44. The standard InChI is InChI=1S/C11H17N3O3/c1-3-6-14-9(8-12-13-14)7-10(15)4-5-11(16)17-2/h8H,3-7H2,1-2H3. The van der Waals surface area contributed by atoms with Crippen LogP contribution in [-0.2, 0) is 27.3 Å². The van der Waals surface area contributed by atoms with Gasteiger partial charge < -0.3 is 4.74 Å². The van der Waals surface area contributed by atoms with E-state index in [1.54, 1.807) is 10.9 Å². The van der Waals surface area contributed by atoms with E-state index < -0.39 is 0 Å². The molecule has 94 valence electrons. The van der Waals surface area contributed by atoms with Crippen LogP contribution in [0.4, 0.5) is 0 Å². The second-order valence-electron chi connectivity index (χ2n) is 3.74. The van der Waals surface area contributed by atoms with E-state index in [-0.39, 0.29) is 31.0 Å². The predicted molar refractivity (Wildman–Crippen MR) is 60.3 cm³/mol. The molecule has 17 heavy (non-hydrogen) atoms. The zero-order chi connectivity index (χ0) is 12.7. The van der Waals surface area contributed by atoms with Crippen LogP contribution in [0.5, 0.6) is 0 Å². The number of carbonyl (C=O) groups is 2. The molecule has 0 amide bonds. The third-order valence-electron chi connectivity index (χ3n) is 2.35. The molecule has 0 aliphatic rings. The highest BCUT2D eigenvalue weighted by molar-refractivity contribution is 5.84. The van der Waals surface area contributed by atoms with Crippen molar-refractivity contribution < 1.29 is 14.3 Å². The van der Waals surface area contributed by atoms with Gasteiger partial charge in [0.25, 0.3) is 0 Å². The number of ether oxygens (including phenoxy) is 1. The van der Waals surface area contributed by atoms with Crippen molar-refractivity contribution in [2.24, 2.45) is 0 Å². The Morgan fingerprint density at radius 1 is 1.41 bits per heavy atom. The summed E-state index contributed by atoms with van der Waals surface area (Å²) in [6.45, 7) is 2.78. The molecule has 0 N–H and O–H groups in total. The zero-order valence-corrected chi connectivity index (χ0v) is 10.2. The van der Waals surface area contributed by atoms with Crippen LogP contribution in [0, 0.1) is 0 Å². The topological polar surface area (TPSA) is 74.1 Å². The highest BCUT2D eigenvalue weighted by Crippen LogP contribution is 2.03. The van der Waals surface area contributed by atoms with Crippen LogP contribution >= 0.6 is 0 Å². The monoisotopic (exact) mass is 239 g/mol. The lowest BCUT2D eigenvalue weighted by molar-refractivity contribution is -0.141. The second-order valence-corrected chi connectivity index (χ2v) is 3.74. The van der Waals surface area contributed by atoms with Crippen LogP contribution < -0.4 is 0 Å². The van der Waals surface area contributed by atoms with Gasteiger partial charge in [0.1, 0.15) is 5.78 Å². The Bertz CT molecular complexity index is 387. The summed E-state index contributed by atoms with van der Waals surface area (Å²) in [6.07, 6.45) is 3.12. The van der Waals surface area contributed by atoms with Crippen molar-refractivity contribution in [1.82, 2.24) is 15.0 Å². The highest BCUT2D eigenvalue weighted by atomic mass is 16.5. The van der Waals surface area contributed by atoms with Crippen LogP contribution in [0.15, 0.2) is 6.20 Å². The molecule has 0 radical (unpaired) electrons. The molecule has 0 aliphatic carbocycles. The minimum atomic E-state index is -0.362. The van der Waals surface area contributed by atoms with Crippen molar-refractivity contribution in [3.05, 3.63) is 11.9 Å². The van der Waals surface area contributed by atoms with Crippen LogP contribution in [0.1, 0.15) is 31.9 Å². The van der Waals surface area contributed by atoms with Gasteiger partial charge in [0, 0.05) is 19.4 Å². The summed E-state index contributed by atoms with van der Waals surface area (Å²) in [5.74, 6) is -0.367. The molecule has 0 unspecified atom stereocenters. The SMILES string of the molecule is CCCn1nncc1CC(=O)CCC(=O)OC. The minimum Gasteiger partial charge on any atom is -0.469 e. The normalized spacial score (nSPS) is 10.2. The van der Waals surface area contributed by atoms with Gasteiger partial charge >= 0.3 is 5.97 Å². The number of aryl methyl sites for hydroxylation is 1. The van der Waals surface area contributed by atoms with Crippen molar-refractivity contribution in [3.8, 4) is 0 Å². The molecule has 0 saturated heterocycles. The molecule has 0 spiro atoms. The molecular formula is C11H17N3O3. The van der Waals surface area contributed by atoms with Gasteiger partial charge in [-0.15, -0.1) is 5.10 Å². The van der Waals surface area contributed by atoms with E-state index in [1.165, 1.54) is 7.11 Å². The number of hydrogen-bond donors (Lipinski definition) is 0. The third-order valence-corrected chi connectivity index (χ3v) is 2.35. The molecule has 0 bridgehead atoms. The predicted octanol–water partition coefficient (Wildman–Crippen LogP) is 0.753. The Morgan fingerprint density at radius 2 is 2.18 bits per heavy atom. The summed E-state index contributed by atoms with van der Waals surface area (Å²) in [6, 6.07) is 0. The average Bonchev–Trinajstić information content (AvgIpc) is 2.74. The van der Waals surface area contributed by atoms with Gasteiger partial charge in [0.2, 0.25) is 0 Å². The van der Waals surface area contributed by atoms with Gasteiger partial charge in [-0.3, -0.25) is 9.59 Å². The highest BCUT2D eigenvalue weighted by Gasteiger charge is 2.11. The van der Waals surface area contributed by atoms with E-state index in [0.29, 0.717) is 0 Å². The molecule has 0 fully saturated rings. The molecule has 1 heterocycles. The van der Waals surface area contributed by atoms with Crippen molar-refractivity contribution in [2.75, 3.05) is 7.11 Å². The number of esters is 1. The molecule has 1 aromatic heterocycles. The van der Waals surface area contributed by atoms with Crippen LogP contribution in [0.2, 0.25) is 0 Å². The lowest BCUT2D eigenvalue weighted by atomic mass is 10.1. The molecule has 0 aromatic carbocycles. The van der Waals surface area contributed by atoms with Crippen molar-refractivity contribution >= 4 is 11.8 Å². The maximum Gasteiger partial charge on any atom is 0.305 e. The molecule has 0 atom stereocenters. The summed E-state index contributed by atoms with van der Waals surface area (Å²) in [4.78, 5) is 22.5. The van der Waals surface area contributed by atoms with Gasteiger partial charge in [0.05, 0.1) is 25.4 Å². The van der Waals surface area contributed by atoms with Crippen molar-refractivity contribution in [1.29, 1.82) is 0 Å². The maximum absolute atomic E-state index is 11.6. The number of methoxy groups -OCH3 is 1. The van der Waals surface area contributed by atoms with E-state index >= 15 is 0 Å². The van der Waals surface area contributed by atoms with Crippen LogP contribution in [-0.4, -0.2) is 33.9 Å². The van der Waals surface area contributed by atoms with Crippen LogP contribution in [0.3, 0.4) is 0 Å². The quantitative estimate of drug-likeness (QED) is 0.656. The van der Waals surface area contributed by atoms with E-state index in [4.69, 9.17) is 0 Å². The zero-order valence-electron chi connectivity index (χ0n) is 10.2. The molecular weight excluding hydrogens is 222 g/mol. The number of Topliss-reactive ketones (excluding diaryl/α,β-unsaturated/α-hetero) is 1. The molecule has 6 heteroatoms. The maximum atomic E-state index is 11.6. The fraction of sp³-hybridized carbons (Fsp3) is 0.636. The fourth-order valence-electron chi connectivity index (χ4n) is 1.45. The van der Waals surface area contributed by atoms with Gasteiger partial charge in [-0.25, -0.2) is 4.68 Å². The third kappa shape index (κ3) is 4.34. The molecule has 1 aromatic rings. The first-order valence-corrected chi connectivity index (χ1v) is 5.63. The number of hydrogen-bond acceptors (Lipinski definition) is 5. The van der Waals surface area contributed by atoms with Gasteiger partial charge in [-0.2, -0.15) is 0 Å². The number of rotatable bonds is 7. The number of aromatic nitrogens is 3. The number of ketones is 1. The van der Waals surface area contributed by atoms with Gasteiger partial charge in [-0.1, -0.05) is 12.1 Å². The lowest BCUT2D eigenvalue weighted by Crippen LogP contribution is -2.12. The first-order valence-electron chi connectivity index (χ1n) is 5.63. The van der Waals surface area contributed by atoms with E-state index in [0.717, 1.165) is 18.7 Å². The minimum absolute atomic E-state index is 0.00458. The summed E-state index contributed by atoms with van der Waals surface area (Å²) in [5, 5.41) is 7.67. The van der Waals surface area contributed by atoms with Crippen LogP contribution in [0.25, 0.3) is 0 Å². The molecule has 1 rings (SSSR count). The Kier molecular flexibility index (Phi) is 5.32. The van der Waals surface area contributed by atoms with Gasteiger partial charge in [-0.05, 0) is 6.42 Å². The Morgan fingerprint density at radius 3 is 2.82 bits per heavy atom. The molecule has 0 aliphatic heterocycles. The van der Waals surface area contributed by atoms with Crippen molar-refractivity contribution in [3.63, 3.8) is 0 Å². The first-order chi connectivity index (χ1) is 8.17.